The molecule has 0 aliphatic carbocycles. The van der Waals surface area contributed by atoms with Crippen LogP contribution in [0.25, 0.3) is 0 Å². The van der Waals surface area contributed by atoms with E-state index >= 15 is 0 Å². The van der Waals surface area contributed by atoms with Gasteiger partial charge < -0.3 is 20.7 Å². The van der Waals surface area contributed by atoms with Crippen LogP contribution >= 0.6 is 0 Å². The van der Waals surface area contributed by atoms with Crippen molar-refractivity contribution in [2.75, 3.05) is 18.4 Å². The SMILES string of the molecule is CC(C)(C)OC(=O)N1CCC(N)(C(=O)Nc2cc(C(F)(F)F)ccn2)CC1. The summed E-state index contributed by atoms with van der Waals surface area (Å²) in [4.78, 5) is 29.7. The highest BCUT2D eigenvalue weighted by atomic mass is 19.4. The van der Waals surface area contributed by atoms with Gasteiger partial charge >= 0.3 is 12.3 Å². The molecule has 1 fully saturated rings. The molecule has 7 nitrogen and oxygen atoms in total. The zero-order valence-electron chi connectivity index (χ0n) is 15.4. The van der Waals surface area contributed by atoms with E-state index in [0.29, 0.717) is 0 Å². The lowest BCUT2D eigenvalue weighted by atomic mass is 9.88. The van der Waals surface area contributed by atoms with E-state index in [2.05, 4.69) is 10.3 Å². The van der Waals surface area contributed by atoms with E-state index in [9.17, 15) is 22.8 Å². The molecular formula is C17H23F3N4O3. The predicted octanol–water partition coefficient (Wildman–Crippen LogP) is 2.77. The number of likely N-dealkylation sites (tertiary alicyclic amines) is 1. The fourth-order valence-electron chi connectivity index (χ4n) is 2.56. The van der Waals surface area contributed by atoms with Crippen molar-refractivity contribution in [3.05, 3.63) is 23.9 Å². The Morgan fingerprint density at radius 3 is 2.37 bits per heavy atom. The van der Waals surface area contributed by atoms with Crippen LogP contribution in [0.15, 0.2) is 18.3 Å². The molecular weight excluding hydrogens is 365 g/mol. The molecule has 1 aliphatic heterocycles. The summed E-state index contributed by atoms with van der Waals surface area (Å²) in [6, 6.07) is 1.56. The van der Waals surface area contributed by atoms with Gasteiger partial charge in [-0.15, -0.1) is 0 Å². The van der Waals surface area contributed by atoms with Crippen LogP contribution in [0.3, 0.4) is 0 Å². The summed E-state index contributed by atoms with van der Waals surface area (Å²) >= 11 is 0. The number of hydrogen-bond donors (Lipinski definition) is 2. The summed E-state index contributed by atoms with van der Waals surface area (Å²) in [7, 11) is 0. The molecule has 3 N–H and O–H groups in total. The number of nitrogens with zero attached hydrogens (tertiary/aromatic N) is 2. The number of aromatic nitrogens is 1. The molecule has 0 bridgehead atoms. The summed E-state index contributed by atoms with van der Waals surface area (Å²) in [6.45, 7) is 5.65. The molecule has 0 atom stereocenters. The maximum atomic E-state index is 12.8. The first-order chi connectivity index (χ1) is 12.3. The van der Waals surface area contributed by atoms with Gasteiger partial charge in [-0.1, -0.05) is 0 Å². The first-order valence-electron chi connectivity index (χ1n) is 8.42. The minimum atomic E-state index is -4.54. The van der Waals surface area contributed by atoms with Crippen LogP contribution in [-0.4, -0.2) is 46.1 Å². The van der Waals surface area contributed by atoms with E-state index in [-0.39, 0.29) is 31.7 Å². The van der Waals surface area contributed by atoms with E-state index in [1.807, 2.05) is 0 Å². The number of pyridine rings is 1. The van der Waals surface area contributed by atoms with Crippen molar-refractivity contribution in [2.24, 2.45) is 5.73 Å². The maximum absolute atomic E-state index is 12.8. The molecule has 1 saturated heterocycles. The number of carbonyl (C=O) groups is 2. The largest absolute Gasteiger partial charge is 0.444 e. The molecule has 0 unspecified atom stereocenters. The molecule has 0 spiro atoms. The number of carbonyl (C=O) groups excluding carboxylic acids is 2. The molecule has 0 aromatic carbocycles. The van der Waals surface area contributed by atoms with E-state index in [1.54, 1.807) is 20.8 Å². The van der Waals surface area contributed by atoms with Gasteiger partial charge in [-0.25, -0.2) is 9.78 Å². The molecule has 0 saturated carbocycles. The lowest BCUT2D eigenvalue weighted by Gasteiger charge is -2.38. The summed E-state index contributed by atoms with van der Waals surface area (Å²) in [6.07, 6.45) is -3.77. The van der Waals surface area contributed by atoms with Gasteiger partial charge in [0.25, 0.3) is 0 Å². The molecule has 2 rings (SSSR count). The third-order valence-corrected chi connectivity index (χ3v) is 4.09. The van der Waals surface area contributed by atoms with Crippen molar-refractivity contribution >= 4 is 17.8 Å². The second-order valence-electron chi connectivity index (χ2n) is 7.51. The van der Waals surface area contributed by atoms with Gasteiger partial charge in [0, 0.05) is 19.3 Å². The number of anilines is 1. The Labute approximate surface area is 155 Å². The Balaban J connectivity index is 1.99. The minimum Gasteiger partial charge on any atom is -0.444 e. The third-order valence-electron chi connectivity index (χ3n) is 4.09. The summed E-state index contributed by atoms with van der Waals surface area (Å²) in [5.41, 5.74) is 3.26. The lowest BCUT2D eigenvalue weighted by Crippen LogP contribution is -2.58. The number of alkyl halides is 3. The normalized spacial score (nSPS) is 17.4. The summed E-state index contributed by atoms with van der Waals surface area (Å²) in [5.74, 6) is -0.868. The smallest absolute Gasteiger partial charge is 0.416 e. The molecule has 10 heteroatoms. The zero-order chi connectivity index (χ0) is 20.5. The number of halogens is 3. The topological polar surface area (TPSA) is 97.5 Å². The van der Waals surface area contributed by atoms with E-state index in [0.717, 1.165) is 18.3 Å². The fourth-order valence-corrected chi connectivity index (χ4v) is 2.56. The lowest BCUT2D eigenvalue weighted by molar-refractivity contribution is -0.137. The van der Waals surface area contributed by atoms with Crippen molar-refractivity contribution in [3.8, 4) is 0 Å². The van der Waals surface area contributed by atoms with E-state index < -0.39 is 34.9 Å². The van der Waals surface area contributed by atoms with Crippen molar-refractivity contribution < 1.29 is 27.5 Å². The predicted molar refractivity (Wildman–Crippen MR) is 91.8 cm³/mol. The van der Waals surface area contributed by atoms with Crippen LogP contribution < -0.4 is 11.1 Å². The number of rotatable bonds is 2. The summed E-state index contributed by atoms with van der Waals surface area (Å²) < 4.78 is 43.5. The first-order valence-corrected chi connectivity index (χ1v) is 8.42. The van der Waals surface area contributed by atoms with Crippen LogP contribution in [0.2, 0.25) is 0 Å². The molecule has 1 aromatic heterocycles. The minimum absolute atomic E-state index is 0.150. The first kappa shape index (κ1) is 20.9. The van der Waals surface area contributed by atoms with Crippen LogP contribution in [0.1, 0.15) is 39.2 Å². The van der Waals surface area contributed by atoms with Crippen LogP contribution in [0.5, 0.6) is 0 Å². The second-order valence-corrected chi connectivity index (χ2v) is 7.51. The highest BCUT2D eigenvalue weighted by Gasteiger charge is 2.40. The highest BCUT2D eigenvalue weighted by Crippen LogP contribution is 2.30. The van der Waals surface area contributed by atoms with Gasteiger partial charge in [0.05, 0.1) is 11.1 Å². The monoisotopic (exact) mass is 388 g/mol. The average molecular weight is 388 g/mol. The highest BCUT2D eigenvalue weighted by molar-refractivity contribution is 5.97. The molecule has 27 heavy (non-hydrogen) atoms. The van der Waals surface area contributed by atoms with Gasteiger partial charge in [0.2, 0.25) is 5.91 Å². The fraction of sp³-hybridized carbons (Fsp3) is 0.588. The van der Waals surface area contributed by atoms with Crippen molar-refractivity contribution in [3.63, 3.8) is 0 Å². The van der Waals surface area contributed by atoms with Gasteiger partial charge in [-0.05, 0) is 45.7 Å². The van der Waals surface area contributed by atoms with E-state index in [4.69, 9.17) is 10.5 Å². The van der Waals surface area contributed by atoms with Gasteiger partial charge in [-0.3, -0.25) is 4.79 Å². The Bertz CT molecular complexity index is 708. The number of nitrogens with one attached hydrogen (secondary N) is 1. The molecule has 0 radical (unpaired) electrons. The van der Waals surface area contributed by atoms with Gasteiger partial charge in [0.1, 0.15) is 11.4 Å². The standard InChI is InChI=1S/C17H23F3N4O3/c1-15(2,3)27-14(26)24-8-5-16(21,6-9-24)13(25)23-12-10-11(4-7-22-12)17(18,19)20/h4,7,10H,5-6,8-9,21H2,1-3H3,(H,22,23,25). The van der Waals surface area contributed by atoms with E-state index in [1.165, 1.54) is 4.90 Å². The molecule has 150 valence electrons. The van der Waals surface area contributed by atoms with Gasteiger partial charge in [0.15, 0.2) is 0 Å². The van der Waals surface area contributed by atoms with Crippen LogP contribution in [0, 0.1) is 0 Å². The Morgan fingerprint density at radius 1 is 1.26 bits per heavy atom. The maximum Gasteiger partial charge on any atom is 0.416 e. The Morgan fingerprint density at radius 2 is 1.85 bits per heavy atom. The van der Waals surface area contributed by atoms with Crippen LogP contribution in [-0.2, 0) is 15.7 Å². The molecule has 1 aromatic rings. The second kappa shape index (κ2) is 7.34. The number of ether oxygens (including phenoxy) is 1. The zero-order valence-corrected chi connectivity index (χ0v) is 15.4. The van der Waals surface area contributed by atoms with Crippen LogP contribution in [0.4, 0.5) is 23.8 Å². The number of piperidine rings is 1. The quantitative estimate of drug-likeness (QED) is 0.812. The number of amides is 2. The van der Waals surface area contributed by atoms with Crippen molar-refractivity contribution in [1.82, 2.24) is 9.88 Å². The molecule has 2 heterocycles. The molecule has 2 amide bonds. The van der Waals surface area contributed by atoms with Crippen molar-refractivity contribution in [1.29, 1.82) is 0 Å². The summed E-state index contributed by atoms with van der Waals surface area (Å²) in [5, 5.41) is 2.34. The number of hydrogen-bond acceptors (Lipinski definition) is 5. The Hall–Kier alpha value is -2.36. The Kier molecular flexibility index (Phi) is 5.69. The third kappa shape index (κ3) is 5.56. The average Bonchev–Trinajstić information content (AvgIpc) is 2.53. The van der Waals surface area contributed by atoms with Crippen molar-refractivity contribution in [2.45, 2.75) is 50.9 Å². The molecule has 1 aliphatic rings. The van der Waals surface area contributed by atoms with Gasteiger partial charge in [-0.2, -0.15) is 13.2 Å². The number of nitrogens with two attached hydrogens (primary N) is 1.